The zero-order chi connectivity index (χ0) is 14.6. The molecule has 0 aliphatic carbocycles. The summed E-state index contributed by atoms with van der Waals surface area (Å²) in [4.78, 5) is 10.5. The number of nitrogens with one attached hydrogen (secondary N) is 1. The molecule has 0 fully saturated rings. The number of aromatic nitrogens is 2. The quantitative estimate of drug-likeness (QED) is 0.865. The van der Waals surface area contributed by atoms with Gasteiger partial charge < -0.3 is 4.90 Å². The average molecular weight is 312 g/mol. The maximum Gasteiger partial charge on any atom is 0.241 e. The van der Waals surface area contributed by atoms with E-state index in [-0.39, 0.29) is 4.90 Å². The minimum absolute atomic E-state index is 0.164. The molecule has 0 amide bonds. The monoisotopic (exact) mass is 312 g/mol. The van der Waals surface area contributed by atoms with Crippen LogP contribution in [0.5, 0.6) is 0 Å². The Hall–Kier alpha value is -1.51. The Balaban J connectivity index is 2.02. The van der Waals surface area contributed by atoms with Gasteiger partial charge >= 0.3 is 0 Å². The second-order valence-corrected chi connectivity index (χ2v) is 7.02. The van der Waals surface area contributed by atoms with Crippen molar-refractivity contribution in [1.82, 2.24) is 14.7 Å². The maximum absolute atomic E-state index is 11.6. The third kappa shape index (κ3) is 3.53. The molecular weight excluding hydrogens is 296 g/mol. The molecule has 0 unspecified atom stereocenters. The first-order chi connectivity index (χ1) is 9.53. The summed E-state index contributed by atoms with van der Waals surface area (Å²) in [6.45, 7) is 0.776. The zero-order valence-corrected chi connectivity index (χ0v) is 12.9. The summed E-state index contributed by atoms with van der Waals surface area (Å²) in [5, 5.41) is 3.02. The van der Waals surface area contributed by atoms with Crippen molar-refractivity contribution in [2.75, 3.05) is 25.5 Å². The van der Waals surface area contributed by atoms with Gasteiger partial charge in [0.05, 0.1) is 5.01 Å². The van der Waals surface area contributed by atoms with E-state index in [1.807, 2.05) is 17.3 Å². The van der Waals surface area contributed by atoms with E-state index < -0.39 is 10.0 Å². The van der Waals surface area contributed by atoms with Gasteiger partial charge in [-0.05, 0) is 19.2 Å². The van der Waals surface area contributed by atoms with E-state index in [0.717, 1.165) is 23.8 Å². The van der Waals surface area contributed by atoms with Crippen molar-refractivity contribution in [1.29, 1.82) is 0 Å². The molecule has 2 rings (SSSR count). The van der Waals surface area contributed by atoms with Crippen molar-refractivity contribution in [3.05, 3.63) is 34.9 Å². The van der Waals surface area contributed by atoms with Crippen LogP contribution in [-0.4, -0.2) is 39.0 Å². The minimum atomic E-state index is -3.43. The first kappa shape index (κ1) is 14.9. The lowest BCUT2D eigenvalue weighted by Gasteiger charge is -2.17. The Bertz CT molecular complexity index is 639. The second-order valence-electron chi connectivity index (χ2n) is 4.16. The predicted molar refractivity (Wildman–Crippen MR) is 79.6 cm³/mol. The highest BCUT2D eigenvalue weighted by Gasteiger charge is 2.12. The van der Waals surface area contributed by atoms with Crippen LogP contribution in [0.1, 0.15) is 5.01 Å². The fraction of sp³-hybridized carbons (Fsp3) is 0.333. The van der Waals surface area contributed by atoms with Gasteiger partial charge in [0.1, 0.15) is 10.7 Å². The molecule has 0 radical (unpaired) electrons. The minimum Gasteiger partial charge on any atom is -0.359 e. The van der Waals surface area contributed by atoms with Gasteiger partial charge in [0.15, 0.2) is 0 Å². The van der Waals surface area contributed by atoms with Crippen LogP contribution in [0.4, 0.5) is 5.82 Å². The van der Waals surface area contributed by atoms with Crippen molar-refractivity contribution in [2.24, 2.45) is 0 Å². The molecule has 20 heavy (non-hydrogen) atoms. The van der Waals surface area contributed by atoms with E-state index >= 15 is 0 Å². The van der Waals surface area contributed by atoms with Crippen molar-refractivity contribution in [2.45, 2.75) is 11.3 Å². The standard InChI is InChI=1S/C12H16N4O2S2/c1-13-20(17,18)10-3-4-11(15-9-10)16(2)7-5-12-14-6-8-19-12/h3-4,6,8-9,13H,5,7H2,1-2H3. The van der Waals surface area contributed by atoms with Crippen LogP contribution in [0, 0.1) is 0 Å². The molecule has 0 spiro atoms. The summed E-state index contributed by atoms with van der Waals surface area (Å²) in [7, 11) is -0.131. The van der Waals surface area contributed by atoms with E-state index in [4.69, 9.17) is 0 Å². The smallest absolute Gasteiger partial charge is 0.241 e. The Morgan fingerprint density at radius 2 is 2.15 bits per heavy atom. The molecule has 0 saturated heterocycles. The van der Waals surface area contributed by atoms with E-state index in [2.05, 4.69) is 14.7 Å². The number of likely N-dealkylation sites (N-methyl/N-ethyl adjacent to an activating group) is 1. The summed E-state index contributed by atoms with van der Waals surface area (Å²) >= 11 is 1.62. The number of thiazole rings is 1. The summed E-state index contributed by atoms with van der Waals surface area (Å²) in [5.74, 6) is 0.733. The summed E-state index contributed by atoms with van der Waals surface area (Å²) < 4.78 is 25.4. The Kier molecular flexibility index (Phi) is 4.69. The van der Waals surface area contributed by atoms with Gasteiger partial charge in [0, 0.05) is 37.8 Å². The number of sulfonamides is 1. The van der Waals surface area contributed by atoms with E-state index in [1.54, 1.807) is 29.7 Å². The number of anilines is 1. The van der Waals surface area contributed by atoms with Gasteiger partial charge in [-0.1, -0.05) is 0 Å². The van der Waals surface area contributed by atoms with Crippen LogP contribution < -0.4 is 9.62 Å². The second kappa shape index (κ2) is 6.29. The highest BCUT2D eigenvalue weighted by Crippen LogP contribution is 2.14. The first-order valence-corrected chi connectivity index (χ1v) is 8.38. The van der Waals surface area contributed by atoms with E-state index in [1.165, 1.54) is 13.2 Å². The van der Waals surface area contributed by atoms with Crippen molar-refractivity contribution in [3.63, 3.8) is 0 Å². The molecule has 6 nitrogen and oxygen atoms in total. The van der Waals surface area contributed by atoms with Crippen LogP contribution >= 0.6 is 11.3 Å². The van der Waals surface area contributed by atoms with Crippen molar-refractivity contribution in [3.8, 4) is 0 Å². The number of hydrogen-bond donors (Lipinski definition) is 1. The molecule has 8 heteroatoms. The lowest BCUT2D eigenvalue weighted by atomic mass is 10.4. The average Bonchev–Trinajstić information content (AvgIpc) is 2.98. The van der Waals surface area contributed by atoms with Crippen LogP contribution in [0.3, 0.4) is 0 Å². The molecule has 0 aliphatic heterocycles. The van der Waals surface area contributed by atoms with Crippen molar-refractivity contribution < 1.29 is 8.42 Å². The van der Waals surface area contributed by atoms with Crippen LogP contribution in [0.2, 0.25) is 0 Å². The molecule has 108 valence electrons. The Morgan fingerprint density at radius 3 is 2.70 bits per heavy atom. The number of pyridine rings is 1. The normalized spacial score (nSPS) is 11.5. The van der Waals surface area contributed by atoms with E-state index in [9.17, 15) is 8.42 Å². The molecule has 0 aromatic carbocycles. The van der Waals surface area contributed by atoms with Crippen molar-refractivity contribution >= 4 is 27.2 Å². The Morgan fingerprint density at radius 1 is 1.35 bits per heavy atom. The lowest BCUT2D eigenvalue weighted by Crippen LogP contribution is -2.22. The zero-order valence-electron chi connectivity index (χ0n) is 11.3. The van der Waals surface area contributed by atoms with Crippen LogP contribution in [0.25, 0.3) is 0 Å². The first-order valence-electron chi connectivity index (χ1n) is 6.02. The molecule has 2 aromatic rings. The molecule has 1 N–H and O–H groups in total. The molecule has 0 saturated carbocycles. The topological polar surface area (TPSA) is 75.2 Å². The van der Waals surface area contributed by atoms with Gasteiger partial charge in [0.25, 0.3) is 0 Å². The molecule has 0 aliphatic rings. The van der Waals surface area contributed by atoms with E-state index in [0.29, 0.717) is 0 Å². The van der Waals surface area contributed by atoms with Gasteiger partial charge in [-0.3, -0.25) is 0 Å². The largest absolute Gasteiger partial charge is 0.359 e. The van der Waals surface area contributed by atoms with Gasteiger partial charge in [-0.15, -0.1) is 11.3 Å². The Labute approximate surface area is 122 Å². The molecule has 0 bridgehead atoms. The summed E-state index contributed by atoms with van der Waals surface area (Å²) in [5.41, 5.74) is 0. The molecule has 2 aromatic heterocycles. The summed E-state index contributed by atoms with van der Waals surface area (Å²) in [6.07, 6.45) is 3.99. The fourth-order valence-corrected chi connectivity index (χ4v) is 2.91. The van der Waals surface area contributed by atoms with Gasteiger partial charge in [-0.2, -0.15) is 0 Å². The predicted octanol–water partition coefficient (Wildman–Crippen LogP) is 1.13. The molecule has 0 atom stereocenters. The SMILES string of the molecule is CNS(=O)(=O)c1ccc(N(C)CCc2nccs2)nc1. The van der Waals surface area contributed by atoms with Gasteiger partial charge in [0.2, 0.25) is 10.0 Å². The van der Waals surface area contributed by atoms with Gasteiger partial charge in [-0.25, -0.2) is 23.1 Å². The number of rotatable bonds is 6. The third-order valence-electron chi connectivity index (χ3n) is 2.84. The number of nitrogens with zero attached hydrogens (tertiary/aromatic N) is 3. The highest BCUT2D eigenvalue weighted by atomic mass is 32.2. The summed E-state index contributed by atoms with van der Waals surface area (Å²) in [6, 6.07) is 3.25. The third-order valence-corrected chi connectivity index (χ3v) is 5.07. The maximum atomic E-state index is 11.6. The van der Waals surface area contributed by atoms with Crippen LogP contribution in [-0.2, 0) is 16.4 Å². The van der Waals surface area contributed by atoms with Crippen LogP contribution in [0.15, 0.2) is 34.8 Å². The fourth-order valence-electron chi connectivity index (χ4n) is 1.63. The molecule has 2 heterocycles. The number of hydrogen-bond acceptors (Lipinski definition) is 6. The molecular formula is C12H16N4O2S2. The highest BCUT2D eigenvalue weighted by molar-refractivity contribution is 7.89. The lowest BCUT2D eigenvalue weighted by molar-refractivity contribution is 0.588.